The first-order valence-electron chi connectivity index (χ1n) is 21.5. The fraction of sp³-hybridized carbons (Fsp3) is 0.0172. The zero-order valence-corrected chi connectivity index (χ0v) is 33.9. The molecule has 0 spiro atoms. The van der Waals surface area contributed by atoms with Gasteiger partial charge in [-0.05, 0) is 92.7 Å². The molecule has 0 aliphatic carbocycles. The smallest absolute Gasteiger partial charge is 0.242 e. The molecular formula is C58H38BN3. The first-order valence-corrected chi connectivity index (χ1v) is 21.5. The number of benzene rings is 9. The van der Waals surface area contributed by atoms with Crippen LogP contribution in [0.1, 0.15) is 22.3 Å². The molecule has 11 aromatic rings. The summed E-state index contributed by atoms with van der Waals surface area (Å²) in [6, 6.07) is 81.0. The lowest BCUT2D eigenvalue weighted by atomic mass is 9.39. The summed E-state index contributed by atoms with van der Waals surface area (Å²) in [5, 5.41) is 5.00. The minimum Gasteiger partial charge on any atom is -0.310 e. The summed E-state index contributed by atoms with van der Waals surface area (Å²) in [6.07, 6.45) is 3.79. The van der Waals surface area contributed by atoms with Crippen molar-refractivity contribution >= 4 is 72.7 Å². The van der Waals surface area contributed by atoms with Crippen molar-refractivity contribution in [3.8, 4) is 16.8 Å². The van der Waals surface area contributed by atoms with Gasteiger partial charge in [0.2, 0.25) is 6.71 Å². The number of aromatic nitrogens is 2. The summed E-state index contributed by atoms with van der Waals surface area (Å²) < 4.78 is 2.42. The average molecular weight is 788 g/mol. The van der Waals surface area contributed by atoms with Crippen LogP contribution in [0.3, 0.4) is 0 Å². The van der Waals surface area contributed by atoms with Crippen LogP contribution in [0, 0.1) is 0 Å². The van der Waals surface area contributed by atoms with E-state index in [1.165, 1.54) is 88.2 Å². The van der Waals surface area contributed by atoms with E-state index in [9.17, 15) is 0 Å². The average Bonchev–Trinajstić information content (AvgIpc) is 3.84. The van der Waals surface area contributed by atoms with Crippen LogP contribution < -0.4 is 21.3 Å². The maximum absolute atomic E-state index is 4.43. The highest BCUT2D eigenvalue weighted by molar-refractivity contribution is 6.99. The summed E-state index contributed by atoms with van der Waals surface area (Å²) in [4.78, 5) is 6.91. The van der Waals surface area contributed by atoms with E-state index in [0.717, 1.165) is 16.9 Å². The second-order valence-electron chi connectivity index (χ2n) is 16.7. The van der Waals surface area contributed by atoms with Crippen molar-refractivity contribution in [1.29, 1.82) is 0 Å². The number of nitrogens with zero attached hydrogens (tertiary/aromatic N) is 3. The maximum atomic E-state index is 4.43. The molecule has 13 rings (SSSR count). The van der Waals surface area contributed by atoms with Gasteiger partial charge in [-0.25, -0.2) is 0 Å². The van der Waals surface area contributed by atoms with E-state index >= 15 is 0 Å². The molecule has 9 aromatic carbocycles. The second-order valence-corrected chi connectivity index (χ2v) is 16.7. The predicted octanol–water partition coefficient (Wildman–Crippen LogP) is 12.0. The lowest BCUT2D eigenvalue weighted by molar-refractivity contribution is 0.731. The van der Waals surface area contributed by atoms with Gasteiger partial charge in [0, 0.05) is 34.5 Å². The SMILES string of the molecule is c1ccc(C2(c3ccccc3)c3ccccc3N(c3ccc4c5cc(B6c7ccccc7-c7cc8ccccc8cc76)ccc5n(-c5ccncc5)c4c3)c3ccccc32)cc1. The Labute approximate surface area is 360 Å². The van der Waals surface area contributed by atoms with E-state index in [1.54, 1.807) is 0 Å². The Balaban J connectivity index is 1.04. The molecule has 0 radical (unpaired) electrons. The zero-order chi connectivity index (χ0) is 40.8. The van der Waals surface area contributed by atoms with Gasteiger partial charge in [0.25, 0.3) is 0 Å². The lowest BCUT2D eigenvalue weighted by Gasteiger charge is -2.46. The Morgan fingerprint density at radius 1 is 0.403 bits per heavy atom. The van der Waals surface area contributed by atoms with Crippen LogP contribution in [-0.4, -0.2) is 16.3 Å². The molecule has 4 heterocycles. The number of hydrogen-bond acceptors (Lipinski definition) is 2. The summed E-state index contributed by atoms with van der Waals surface area (Å²) in [7, 11) is 0. The fourth-order valence-corrected chi connectivity index (χ4v) is 11.1. The van der Waals surface area contributed by atoms with Gasteiger partial charge in [0.05, 0.1) is 27.8 Å². The Bertz CT molecular complexity index is 3450. The van der Waals surface area contributed by atoms with Gasteiger partial charge in [-0.3, -0.25) is 4.98 Å². The van der Waals surface area contributed by atoms with Gasteiger partial charge in [-0.1, -0.05) is 186 Å². The fourth-order valence-electron chi connectivity index (χ4n) is 11.1. The summed E-state index contributed by atoms with van der Waals surface area (Å²) in [5.74, 6) is 0. The van der Waals surface area contributed by atoms with E-state index in [-0.39, 0.29) is 6.71 Å². The van der Waals surface area contributed by atoms with Crippen LogP contribution in [0.5, 0.6) is 0 Å². The first kappa shape index (κ1) is 34.9. The van der Waals surface area contributed by atoms with Gasteiger partial charge in [-0.15, -0.1) is 0 Å². The molecule has 0 saturated heterocycles. The van der Waals surface area contributed by atoms with Crippen LogP contribution >= 0.6 is 0 Å². The molecular weight excluding hydrogens is 749 g/mol. The summed E-state index contributed by atoms with van der Waals surface area (Å²) in [6.45, 7) is 0.129. The molecule has 0 unspecified atom stereocenters. The van der Waals surface area contributed by atoms with E-state index in [4.69, 9.17) is 0 Å². The van der Waals surface area contributed by atoms with Crippen LogP contribution in [0.2, 0.25) is 0 Å². The zero-order valence-electron chi connectivity index (χ0n) is 33.9. The Morgan fingerprint density at radius 2 is 1.02 bits per heavy atom. The largest absolute Gasteiger partial charge is 0.310 e. The third kappa shape index (κ3) is 4.92. The molecule has 3 nitrogen and oxygen atoms in total. The Morgan fingerprint density at radius 3 is 1.73 bits per heavy atom. The normalized spacial score (nSPS) is 13.5. The first-order chi connectivity index (χ1) is 30.8. The van der Waals surface area contributed by atoms with E-state index in [0.29, 0.717) is 0 Å². The van der Waals surface area contributed by atoms with Crippen molar-refractivity contribution in [3.63, 3.8) is 0 Å². The van der Waals surface area contributed by atoms with Gasteiger partial charge < -0.3 is 9.47 Å². The highest BCUT2D eigenvalue weighted by atomic mass is 15.2. The molecule has 288 valence electrons. The maximum Gasteiger partial charge on any atom is 0.242 e. The quantitative estimate of drug-likeness (QED) is 0.162. The minimum absolute atomic E-state index is 0.129. The molecule has 0 bridgehead atoms. The molecule has 0 N–H and O–H groups in total. The third-order valence-electron chi connectivity index (χ3n) is 13.6. The van der Waals surface area contributed by atoms with Crippen molar-refractivity contribution in [1.82, 2.24) is 9.55 Å². The van der Waals surface area contributed by atoms with Crippen molar-refractivity contribution in [2.75, 3.05) is 4.90 Å². The molecule has 0 atom stereocenters. The lowest BCUT2D eigenvalue weighted by Crippen LogP contribution is -2.48. The second kappa shape index (κ2) is 13.5. The number of rotatable bonds is 5. The van der Waals surface area contributed by atoms with Gasteiger partial charge in [0.1, 0.15) is 0 Å². The van der Waals surface area contributed by atoms with Crippen LogP contribution in [0.4, 0.5) is 17.1 Å². The molecule has 2 aromatic heterocycles. The highest BCUT2D eigenvalue weighted by Gasteiger charge is 2.46. The van der Waals surface area contributed by atoms with Gasteiger partial charge in [0.15, 0.2) is 0 Å². The van der Waals surface area contributed by atoms with E-state index in [2.05, 4.69) is 233 Å². The summed E-state index contributed by atoms with van der Waals surface area (Å²) in [5.41, 5.74) is 18.0. The van der Waals surface area contributed by atoms with Crippen LogP contribution in [-0.2, 0) is 5.41 Å². The topological polar surface area (TPSA) is 21.1 Å². The molecule has 2 aliphatic heterocycles. The summed E-state index contributed by atoms with van der Waals surface area (Å²) >= 11 is 0. The Hall–Kier alpha value is -7.95. The van der Waals surface area contributed by atoms with Crippen molar-refractivity contribution in [3.05, 3.63) is 253 Å². The van der Waals surface area contributed by atoms with Crippen molar-refractivity contribution in [2.24, 2.45) is 0 Å². The molecule has 62 heavy (non-hydrogen) atoms. The highest BCUT2D eigenvalue weighted by Crippen LogP contribution is 2.57. The van der Waals surface area contributed by atoms with E-state index in [1.807, 2.05) is 12.4 Å². The molecule has 0 amide bonds. The number of fused-ring (bicyclic) bond motifs is 9. The Kier molecular flexibility index (Phi) is 7.61. The standard InChI is InChI=1S/C58H38BN3/c1-3-17-41(18-4-1)58(42-19-5-2-6-20-42)50-22-10-13-25-55(50)62(56-26-14-11-23-51(56)58)45-28-29-47-49-37-43(27-30-54(49)61(57(47)38-45)44-31-33-60-34-32-44)59-52-24-12-9-21-46(52)48-35-39-15-7-8-16-40(39)36-53(48)59/h1-38H. The number of para-hydroxylation sites is 2. The predicted molar refractivity (Wildman–Crippen MR) is 259 cm³/mol. The molecule has 0 saturated carbocycles. The molecule has 0 fully saturated rings. The van der Waals surface area contributed by atoms with Crippen molar-refractivity contribution < 1.29 is 0 Å². The third-order valence-corrected chi connectivity index (χ3v) is 13.6. The molecule has 2 aliphatic rings. The molecule has 4 heteroatoms. The van der Waals surface area contributed by atoms with Crippen molar-refractivity contribution in [2.45, 2.75) is 5.41 Å². The van der Waals surface area contributed by atoms with Crippen LogP contribution in [0.25, 0.3) is 49.4 Å². The number of anilines is 3. The number of hydrogen-bond donors (Lipinski definition) is 0. The van der Waals surface area contributed by atoms with Crippen LogP contribution in [0.15, 0.2) is 231 Å². The van der Waals surface area contributed by atoms with Gasteiger partial charge >= 0.3 is 0 Å². The van der Waals surface area contributed by atoms with E-state index < -0.39 is 5.41 Å². The minimum atomic E-state index is -0.525. The van der Waals surface area contributed by atoms with Gasteiger partial charge in [-0.2, -0.15) is 0 Å². The number of pyridine rings is 1. The monoisotopic (exact) mass is 787 g/mol.